The monoisotopic (exact) mass is 648 g/mol. The molecule has 0 atom stereocenters. The van der Waals surface area contributed by atoms with Gasteiger partial charge in [-0.25, -0.2) is 72.6 Å². The van der Waals surface area contributed by atoms with E-state index in [1.165, 1.54) is 0 Å². The minimum atomic E-state index is -2.40. The van der Waals surface area contributed by atoms with Gasteiger partial charge in [0.1, 0.15) is 22.6 Å². The number of halogens is 13. The number of aromatic nitrogens is 6. The van der Waals surface area contributed by atoms with Gasteiger partial charge in [0.2, 0.25) is 0 Å². The van der Waals surface area contributed by atoms with Gasteiger partial charge >= 0.3 is 6.83 Å². The highest BCUT2D eigenvalue weighted by Crippen LogP contribution is 2.42. The third-order valence-electron chi connectivity index (χ3n) is 6.90. The van der Waals surface area contributed by atoms with Gasteiger partial charge in [0, 0.05) is 0 Å². The Morgan fingerprint density at radius 2 is 0.795 bits per heavy atom. The Balaban J connectivity index is 1.90. The first-order valence-electron chi connectivity index (χ1n) is 11.6. The molecule has 0 unspecified atom stereocenters. The molecule has 1 aliphatic rings. The molecule has 3 aromatic carbocycles. The van der Waals surface area contributed by atoms with E-state index in [2.05, 4.69) is 24.9 Å². The Morgan fingerprint density at radius 1 is 0.432 bits per heavy atom. The van der Waals surface area contributed by atoms with Crippen molar-refractivity contribution in [1.82, 2.24) is 29.4 Å². The van der Waals surface area contributed by atoms with E-state index in [1.807, 2.05) is 0 Å². The maximum absolute atomic E-state index is 15.2. The van der Waals surface area contributed by atoms with Crippen molar-refractivity contribution in [2.24, 2.45) is 0 Å². The van der Waals surface area contributed by atoms with Crippen molar-refractivity contribution in [3.05, 3.63) is 69.8 Å². The average Bonchev–Trinajstić information content (AvgIpc) is 3.64. The Hall–Kier alpha value is -4.81. The second-order valence-corrected chi connectivity index (χ2v) is 9.37. The van der Waals surface area contributed by atoms with Crippen LogP contribution in [-0.2, 0) is 0 Å². The number of nitrogens with one attached hydrogen (secondary N) is 1. The van der Waals surface area contributed by atoms with Gasteiger partial charge in [-0.3, -0.25) is 0 Å². The van der Waals surface area contributed by atoms with E-state index in [0.717, 1.165) is 0 Å². The minimum absolute atomic E-state index is 0.477. The SMILES string of the molecule is Fc1c(F)c(F)c2c(c1F)-c1nc-2nc2c3c(F)c(F)c(F)c(F)c3c(nc3[nH]c(n1)c1c(F)c(F)c(F)c(F)c31)n2BCl. The van der Waals surface area contributed by atoms with Crippen molar-refractivity contribution >= 4 is 62.4 Å². The summed E-state index contributed by atoms with van der Waals surface area (Å²) in [4.78, 5) is 16.9. The zero-order chi connectivity index (χ0) is 31.7. The highest BCUT2D eigenvalue weighted by atomic mass is 35.5. The maximum Gasteiger partial charge on any atom is 0.350 e. The van der Waals surface area contributed by atoms with Crippen LogP contribution in [0.5, 0.6) is 0 Å². The van der Waals surface area contributed by atoms with Gasteiger partial charge in [-0.2, -0.15) is 11.5 Å². The zero-order valence-electron chi connectivity index (χ0n) is 20.4. The smallest absolute Gasteiger partial charge is 0.342 e. The number of rotatable bonds is 1. The molecule has 3 aromatic heterocycles. The summed E-state index contributed by atoms with van der Waals surface area (Å²) in [6, 6.07) is 0. The number of hydrogen-bond acceptors (Lipinski definition) is 4. The lowest BCUT2D eigenvalue weighted by Crippen LogP contribution is -2.03. The van der Waals surface area contributed by atoms with Gasteiger partial charge in [0.15, 0.2) is 81.5 Å². The Bertz CT molecular complexity index is 2430. The second kappa shape index (κ2) is 9.10. The minimum Gasteiger partial charge on any atom is -0.342 e. The molecule has 0 amide bonds. The van der Waals surface area contributed by atoms with Crippen LogP contribution in [0, 0.1) is 69.8 Å². The molecule has 6 aromatic rings. The van der Waals surface area contributed by atoms with Crippen LogP contribution in [0.15, 0.2) is 0 Å². The number of hydrogen-bond donors (Lipinski definition) is 1. The fraction of sp³-hybridized carbons (Fsp3) is 0. The molecule has 20 heteroatoms. The molecule has 4 heterocycles. The fourth-order valence-corrected chi connectivity index (χ4v) is 5.21. The van der Waals surface area contributed by atoms with Crippen LogP contribution < -0.4 is 0 Å². The summed E-state index contributed by atoms with van der Waals surface area (Å²) in [7, 11) is 0. The molecule has 0 fully saturated rings. The highest BCUT2D eigenvalue weighted by molar-refractivity contribution is 6.93. The molecule has 0 saturated heterocycles. The summed E-state index contributed by atoms with van der Waals surface area (Å²) in [5.41, 5.74) is -6.75. The van der Waals surface area contributed by atoms with Crippen LogP contribution in [0.2, 0.25) is 0 Å². The first-order valence-corrected chi connectivity index (χ1v) is 12.1. The molecule has 222 valence electrons. The number of nitrogens with zero attached hydrogens (tertiary/aromatic N) is 5. The zero-order valence-corrected chi connectivity index (χ0v) is 21.1. The van der Waals surface area contributed by atoms with Crippen LogP contribution in [0.4, 0.5) is 52.7 Å². The molecule has 0 saturated carbocycles. The molecule has 0 radical (unpaired) electrons. The summed E-state index contributed by atoms with van der Waals surface area (Å²) in [5, 5.41) is -5.03. The van der Waals surface area contributed by atoms with Crippen LogP contribution >= 0.6 is 11.5 Å². The molecule has 6 bridgehead atoms. The van der Waals surface area contributed by atoms with Crippen molar-refractivity contribution in [3.8, 4) is 22.8 Å². The third kappa shape index (κ3) is 3.32. The number of H-pyrrole nitrogens is 1. The van der Waals surface area contributed by atoms with Gasteiger partial charge in [-0.1, -0.05) is 0 Å². The van der Waals surface area contributed by atoms with Gasteiger partial charge in [0.05, 0.1) is 32.7 Å². The fourth-order valence-electron chi connectivity index (χ4n) is 4.99. The van der Waals surface area contributed by atoms with Crippen molar-refractivity contribution in [2.45, 2.75) is 0 Å². The predicted molar refractivity (Wildman–Crippen MR) is 130 cm³/mol. The standard InChI is InChI=1S/C24H2BClF12N6/c26-25-44-23-5-6(12(32)18(38)17(37)11(5)31)24(44)43-22-4-2(8(28)14(34)16(36)10(4)30)20(41-22)39-19-1-3(21(40-19)42-23)9(29)15(35)13(33)7(1)27/h25H,(H,39,40,41,42,43). The van der Waals surface area contributed by atoms with E-state index in [0.29, 0.717) is 4.48 Å². The van der Waals surface area contributed by atoms with E-state index in [9.17, 15) is 26.3 Å². The van der Waals surface area contributed by atoms with Crippen molar-refractivity contribution in [3.63, 3.8) is 0 Å². The molecule has 1 N–H and O–H groups in total. The predicted octanol–water partition coefficient (Wildman–Crippen LogP) is 6.80. The van der Waals surface area contributed by atoms with E-state index in [1.54, 1.807) is 0 Å². The van der Waals surface area contributed by atoms with E-state index in [4.69, 9.17) is 11.5 Å². The van der Waals surface area contributed by atoms with E-state index in [-0.39, 0.29) is 0 Å². The maximum atomic E-state index is 15.2. The summed E-state index contributed by atoms with van der Waals surface area (Å²) in [5.74, 6) is -29.5. The van der Waals surface area contributed by atoms with Gasteiger partial charge in [-0.05, 0) is 0 Å². The molecule has 7 rings (SSSR count). The number of benzene rings is 3. The molecular weight excluding hydrogens is 647 g/mol. The Kier molecular flexibility index (Phi) is 5.79. The summed E-state index contributed by atoms with van der Waals surface area (Å²) in [6.07, 6.45) is 0. The quantitative estimate of drug-likeness (QED) is 0.0920. The van der Waals surface area contributed by atoms with Crippen molar-refractivity contribution in [2.75, 3.05) is 0 Å². The van der Waals surface area contributed by atoms with Crippen LogP contribution in [0.1, 0.15) is 0 Å². The molecule has 0 spiro atoms. The summed E-state index contributed by atoms with van der Waals surface area (Å²) < 4.78 is 177. The van der Waals surface area contributed by atoms with E-state index < -0.39 is 144 Å². The lowest BCUT2D eigenvalue weighted by Gasteiger charge is -2.05. The topological polar surface area (TPSA) is 72.3 Å². The van der Waals surface area contributed by atoms with Crippen molar-refractivity contribution in [1.29, 1.82) is 0 Å². The normalized spacial score (nSPS) is 12.2. The third-order valence-corrected chi connectivity index (χ3v) is 7.14. The summed E-state index contributed by atoms with van der Waals surface area (Å²) >= 11 is 5.93. The molecule has 1 aliphatic heterocycles. The molecule has 0 aliphatic carbocycles. The number of aromatic amines is 1. The van der Waals surface area contributed by atoms with Crippen LogP contribution in [0.25, 0.3) is 66.9 Å². The second-order valence-electron chi connectivity index (χ2n) is 9.13. The van der Waals surface area contributed by atoms with Crippen LogP contribution in [0.3, 0.4) is 0 Å². The van der Waals surface area contributed by atoms with Gasteiger partial charge in [0.25, 0.3) is 0 Å². The van der Waals surface area contributed by atoms with Crippen molar-refractivity contribution < 1.29 is 52.7 Å². The lowest BCUT2D eigenvalue weighted by atomic mass is 10.1. The van der Waals surface area contributed by atoms with E-state index >= 15 is 26.3 Å². The largest absolute Gasteiger partial charge is 0.350 e. The first kappa shape index (κ1) is 28.0. The van der Waals surface area contributed by atoms with Gasteiger partial charge < -0.3 is 9.46 Å². The van der Waals surface area contributed by atoms with Crippen LogP contribution in [-0.4, -0.2) is 36.2 Å². The molecular formula is C24H2BClF12N6. The molecule has 44 heavy (non-hydrogen) atoms. The first-order chi connectivity index (χ1) is 20.8. The Labute approximate surface area is 237 Å². The Morgan fingerprint density at radius 3 is 1.25 bits per heavy atom. The highest BCUT2D eigenvalue weighted by Gasteiger charge is 2.35. The lowest BCUT2D eigenvalue weighted by molar-refractivity contribution is 0.412. The molecule has 6 nitrogen and oxygen atoms in total. The summed E-state index contributed by atoms with van der Waals surface area (Å²) in [6.45, 7) is -0.977. The van der Waals surface area contributed by atoms with Gasteiger partial charge in [-0.15, -0.1) is 0 Å². The average molecular weight is 649 g/mol. The number of fused-ring (bicyclic) bond motifs is 15.